The number of hydrogen-bond donors (Lipinski definition) is 1. The van der Waals surface area contributed by atoms with E-state index in [-0.39, 0.29) is 0 Å². The summed E-state index contributed by atoms with van der Waals surface area (Å²) in [5, 5.41) is 8.24. The topological polar surface area (TPSA) is 37.3 Å². The van der Waals surface area contributed by atoms with Crippen LogP contribution in [-0.2, 0) is 4.79 Å². The van der Waals surface area contributed by atoms with E-state index in [2.05, 4.69) is 0 Å². The van der Waals surface area contributed by atoms with Crippen molar-refractivity contribution in [2.45, 2.75) is 0 Å². The van der Waals surface area contributed by atoms with Gasteiger partial charge >= 0.3 is 5.97 Å². The van der Waals surface area contributed by atoms with Gasteiger partial charge in [0, 0.05) is 6.08 Å². The van der Waals surface area contributed by atoms with E-state index in [1.807, 2.05) is 0 Å². The van der Waals surface area contributed by atoms with Crippen molar-refractivity contribution in [3.8, 4) is 0 Å². The van der Waals surface area contributed by atoms with Crippen LogP contribution in [0.2, 0.25) is 0 Å². The van der Waals surface area contributed by atoms with E-state index in [0.717, 1.165) is 18.2 Å². The maximum Gasteiger partial charge on any atom is 0.328 e. The molecule has 1 aromatic carbocycles. The molecule has 0 saturated carbocycles. The van der Waals surface area contributed by atoms with Crippen molar-refractivity contribution >= 4 is 12.0 Å². The summed E-state index contributed by atoms with van der Waals surface area (Å²) in [5.41, 5.74) is 0.307. The lowest BCUT2D eigenvalue weighted by atomic mass is 10.2. The average molecular weight is 184 g/mol. The Hall–Kier alpha value is -1.71. The molecule has 0 heterocycles. The summed E-state index contributed by atoms with van der Waals surface area (Å²) < 4.78 is 24.9. The minimum absolute atomic E-state index is 0.307. The Bertz CT molecular complexity index is 359. The van der Waals surface area contributed by atoms with E-state index in [4.69, 9.17) is 5.11 Å². The van der Waals surface area contributed by atoms with E-state index < -0.39 is 17.6 Å². The van der Waals surface area contributed by atoms with Crippen molar-refractivity contribution in [1.82, 2.24) is 0 Å². The highest BCUT2D eigenvalue weighted by Crippen LogP contribution is 2.09. The van der Waals surface area contributed by atoms with Crippen LogP contribution in [0.5, 0.6) is 0 Å². The fraction of sp³-hybridized carbons (Fsp3) is 0. The molecule has 0 aliphatic carbocycles. The molecule has 0 amide bonds. The lowest BCUT2D eigenvalue weighted by Crippen LogP contribution is -1.87. The molecule has 0 fully saturated rings. The molecule has 1 aromatic rings. The van der Waals surface area contributed by atoms with Crippen LogP contribution in [0.1, 0.15) is 5.56 Å². The molecule has 0 radical (unpaired) electrons. The maximum atomic E-state index is 12.5. The molecular formula is C9H6F2O2. The van der Waals surface area contributed by atoms with Crippen molar-refractivity contribution in [3.63, 3.8) is 0 Å². The van der Waals surface area contributed by atoms with Gasteiger partial charge in [0.2, 0.25) is 0 Å². The number of benzene rings is 1. The van der Waals surface area contributed by atoms with E-state index in [9.17, 15) is 13.6 Å². The summed E-state index contributed by atoms with van der Waals surface area (Å²) in [4.78, 5) is 10.1. The number of carboxylic acids is 1. The molecule has 4 heteroatoms. The SMILES string of the molecule is O=C(O)/C=C\c1ccc(F)c(F)c1. The van der Waals surface area contributed by atoms with Crippen LogP contribution in [0.25, 0.3) is 6.08 Å². The molecule has 0 aromatic heterocycles. The zero-order chi connectivity index (χ0) is 9.84. The molecule has 1 rings (SSSR count). The first-order valence-electron chi connectivity index (χ1n) is 3.45. The summed E-state index contributed by atoms with van der Waals surface area (Å²) in [6.45, 7) is 0. The van der Waals surface area contributed by atoms with Gasteiger partial charge in [0.05, 0.1) is 0 Å². The summed E-state index contributed by atoms with van der Waals surface area (Å²) >= 11 is 0. The van der Waals surface area contributed by atoms with Gasteiger partial charge in [0.25, 0.3) is 0 Å². The van der Waals surface area contributed by atoms with Crippen LogP contribution in [0.15, 0.2) is 24.3 Å². The predicted molar refractivity (Wildman–Crippen MR) is 43.0 cm³/mol. The quantitative estimate of drug-likeness (QED) is 0.714. The van der Waals surface area contributed by atoms with Crippen LogP contribution in [0.4, 0.5) is 8.78 Å². The fourth-order valence-corrected chi connectivity index (χ4v) is 0.784. The zero-order valence-corrected chi connectivity index (χ0v) is 6.50. The highest BCUT2D eigenvalue weighted by Gasteiger charge is 1.99. The van der Waals surface area contributed by atoms with Gasteiger partial charge in [-0.1, -0.05) is 6.07 Å². The molecular weight excluding hydrogens is 178 g/mol. The van der Waals surface area contributed by atoms with E-state index in [1.54, 1.807) is 0 Å². The number of rotatable bonds is 2. The lowest BCUT2D eigenvalue weighted by molar-refractivity contribution is -0.131. The molecule has 0 spiro atoms. The second kappa shape index (κ2) is 3.80. The fourth-order valence-electron chi connectivity index (χ4n) is 0.784. The number of halogens is 2. The summed E-state index contributed by atoms with van der Waals surface area (Å²) in [6, 6.07) is 3.16. The van der Waals surface area contributed by atoms with Gasteiger partial charge in [0.1, 0.15) is 0 Å². The first-order chi connectivity index (χ1) is 6.09. The third kappa shape index (κ3) is 2.66. The molecule has 0 aliphatic heterocycles. The zero-order valence-electron chi connectivity index (χ0n) is 6.50. The lowest BCUT2D eigenvalue weighted by Gasteiger charge is -1.94. The first kappa shape index (κ1) is 9.38. The Morgan fingerprint density at radius 1 is 1.31 bits per heavy atom. The largest absolute Gasteiger partial charge is 0.478 e. The molecule has 0 saturated heterocycles. The minimum atomic E-state index is -1.13. The molecule has 2 nitrogen and oxygen atoms in total. The Morgan fingerprint density at radius 3 is 2.54 bits per heavy atom. The van der Waals surface area contributed by atoms with Crippen LogP contribution in [0, 0.1) is 11.6 Å². The summed E-state index contributed by atoms with van der Waals surface area (Å²) in [6.07, 6.45) is 2.04. The number of carbonyl (C=O) groups is 1. The Labute approximate surface area is 73.1 Å². The Morgan fingerprint density at radius 2 is 2.00 bits per heavy atom. The monoisotopic (exact) mass is 184 g/mol. The smallest absolute Gasteiger partial charge is 0.328 e. The molecule has 0 bridgehead atoms. The first-order valence-corrected chi connectivity index (χ1v) is 3.45. The van der Waals surface area contributed by atoms with Gasteiger partial charge in [-0.3, -0.25) is 0 Å². The number of aliphatic carboxylic acids is 1. The van der Waals surface area contributed by atoms with Gasteiger partial charge in [0.15, 0.2) is 11.6 Å². The third-order valence-corrected chi connectivity index (χ3v) is 1.36. The van der Waals surface area contributed by atoms with Crippen molar-refractivity contribution in [3.05, 3.63) is 41.5 Å². The molecule has 0 atom stereocenters. The average Bonchev–Trinajstić information content (AvgIpc) is 2.07. The standard InChI is InChI=1S/C9H6F2O2/c10-7-3-1-6(5-8(7)11)2-4-9(12)13/h1-5H,(H,12,13)/b4-2-. The summed E-state index contributed by atoms with van der Waals surface area (Å²) in [5.74, 6) is -3.08. The number of carboxylic acid groups (broad SMARTS) is 1. The van der Waals surface area contributed by atoms with Crippen LogP contribution in [-0.4, -0.2) is 11.1 Å². The van der Waals surface area contributed by atoms with Gasteiger partial charge in [-0.2, -0.15) is 0 Å². The molecule has 1 N–H and O–H groups in total. The second-order valence-corrected chi connectivity index (χ2v) is 2.35. The van der Waals surface area contributed by atoms with Crippen LogP contribution < -0.4 is 0 Å². The van der Waals surface area contributed by atoms with Crippen LogP contribution in [0.3, 0.4) is 0 Å². The van der Waals surface area contributed by atoms with Crippen molar-refractivity contribution in [2.24, 2.45) is 0 Å². The van der Waals surface area contributed by atoms with Gasteiger partial charge in [-0.25, -0.2) is 13.6 Å². The third-order valence-electron chi connectivity index (χ3n) is 1.36. The maximum absolute atomic E-state index is 12.5. The molecule has 68 valence electrons. The Balaban J connectivity index is 2.92. The van der Waals surface area contributed by atoms with Crippen molar-refractivity contribution in [1.29, 1.82) is 0 Å². The van der Waals surface area contributed by atoms with E-state index in [1.165, 1.54) is 12.1 Å². The van der Waals surface area contributed by atoms with E-state index in [0.29, 0.717) is 5.56 Å². The van der Waals surface area contributed by atoms with Gasteiger partial charge in [-0.15, -0.1) is 0 Å². The minimum Gasteiger partial charge on any atom is -0.478 e. The second-order valence-electron chi connectivity index (χ2n) is 2.35. The number of hydrogen-bond acceptors (Lipinski definition) is 1. The highest BCUT2D eigenvalue weighted by atomic mass is 19.2. The normalized spacial score (nSPS) is 10.6. The van der Waals surface area contributed by atoms with E-state index >= 15 is 0 Å². The van der Waals surface area contributed by atoms with Gasteiger partial charge < -0.3 is 5.11 Å². The molecule has 13 heavy (non-hydrogen) atoms. The van der Waals surface area contributed by atoms with Crippen molar-refractivity contribution < 1.29 is 18.7 Å². The highest BCUT2D eigenvalue weighted by molar-refractivity contribution is 5.85. The van der Waals surface area contributed by atoms with Crippen molar-refractivity contribution in [2.75, 3.05) is 0 Å². The Kier molecular flexibility index (Phi) is 2.74. The molecule has 0 aliphatic rings. The molecule has 0 unspecified atom stereocenters. The predicted octanol–water partition coefficient (Wildman–Crippen LogP) is 2.06. The van der Waals surface area contributed by atoms with Gasteiger partial charge in [-0.05, 0) is 23.8 Å². The summed E-state index contributed by atoms with van der Waals surface area (Å²) in [7, 11) is 0. The van der Waals surface area contributed by atoms with Crippen LogP contribution >= 0.6 is 0 Å².